The molecule has 0 amide bonds. The second-order valence-electron chi connectivity index (χ2n) is 2.24. The maximum Gasteiger partial charge on any atom is 0.158 e. The third kappa shape index (κ3) is 2.85. The summed E-state index contributed by atoms with van der Waals surface area (Å²) in [6.45, 7) is 0.774. The van der Waals surface area contributed by atoms with E-state index in [0.717, 1.165) is 6.26 Å². The number of rotatable bonds is 3. The molecule has 0 spiro atoms. The number of aliphatic hydroxyl groups is 1. The monoisotopic (exact) mass is 181 g/mol. The van der Waals surface area contributed by atoms with Gasteiger partial charge in [0.15, 0.2) is 9.84 Å². The van der Waals surface area contributed by atoms with E-state index >= 15 is 0 Å². The minimum absolute atomic E-state index is 0.00463. The molecule has 0 bridgehead atoms. The van der Waals surface area contributed by atoms with Crippen molar-refractivity contribution in [1.29, 1.82) is 0 Å². The summed E-state index contributed by atoms with van der Waals surface area (Å²) in [5, 5.41) is 18.4. The lowest BCUT2D eigenvalue weighted by Gasteiger charge is -2.08. The summed E-state index contributed by atoms with van der Waals surface area (Å²) in [5.41, 5.74) is -0.00463. The van der Waals surface area contributed by atoms with E-state index in [1.165, 1.54) is 6.92 Å². The molecular weight excluding hydrogens is 170 g/mol. The van der Waals surface area contributed by atoms with Crippen molar-refractivity contribution < 1.29 is 18.7 Å². The van der Waals surface area contributed by atoms with E-state index in [1.807, 2.05) is 0 Å². The zero-order valence-electron chi connectivity index (χ0n) is 6.35. The van der Waals surface area contributed by atoms with E-state index < -0.39 is 21.7 Å². The Hall–Kier alpha value is -0.620. The second kappa shape index (κ2) is 3.68. The molecule has 0 aliphatic heterocycles. The van der Waals surface area contributed by atoms with Crippen LogP contribution in [0.2, 0.25) is 0 Å². The Bertz CT molecular complexity index is 243. The predicted molar refractivity (Wildman–Crippen MR) is 40.6 cm³/mol. The third-order valence-electron chi connectivity index (χ3n) is 1.31. The van der Waals surface area contributed by atoms with Gasteiger partial charge < -0.3 is 10.3 Å². The summed E-state index contributed by atoms with van der Waals surface area (Å²) < 4.78 is 21.6. The number of hydrogen-bond donors (Lipinski definition) is 2. The van der Waals surface area contributed by atoms with Gasteiger partial charge >= 0.3 is 0 Å². The van der Waals surface area contributed by atoms with Crippen LogP contribution in [0.5, 0.6) is 0 Å². The Balaban J connectivity index is 4.71. The van der Waals surface area contributed by atoms with Gasteiger partial charge in [-0.2, -0.15) is 0 Å². The molecule has 11 heavy (non-hydrogen) atoms. The lowest BCUT2D eigenvalue weighted by molar-refractivity contribution is 0.295. The van der Waals surface area contributed by atoms with Crippen LogP contribution in [0.15, 0.2) is 5.16 Å². The summed E-state index contributed by atoms with van der Waals surface area (Å²) in [6, 6.07) is 0. The zero-order valence-corrected chi connectivity index (χ0v) is 7.17. The maximum absolute atomic E-state index is 10.8. The van der Waals surface area contributed by atoms with Crippen LogP contribution in [-0.4, -0.2) is 42.6 Å². The molecular formula is C5H11NO4S. The van der Waals surface area contributed by atoms with Gasteiger partial charge in [0.25, 0.3) is 0 Å². The molecule has 6 heteroatoms. The Kier molecular flexibility index (Phi) is 3.47. The molecule has 0 fully saturated rings. The fraction of sp³-hybridized carbons (Fsp3) is 0.800. The van der Waals surface area contributed by atoms with E-state index in [4.69, 9.17) is 10.3 Å². The molecule has 0 saturated carbocycles. The van der Waals surface area contributed by atoms with Crippen molar-refractivity contribution in [2.75, 3.05) is 12.9 Å². The molecule has 0 saturated heterocycles. The van der Waals surface area contributed by atoms with Crippen LogP contribution in [-0.2, 0) is 9.84 Å². The van der Waals surface area contributed by atoms with Crippen LogP contribution in [0.25, 0.3) is 0 Å². The molecule has 5 nitrogen and oxygen atoms in total. The molecule has 0 aliphatic carbocycles. The Morgan fingerprint density at radius 1 is 1.64 bits per heavy atom. The number of aliphatic hydroxyl groups excluding tert-OH is 1. The summed E-state index contributed by atoms with van der Waals surface area (Å²) in [6.07, 6.45) is 0.975. The zero-order chi connectivity index (χ0) is 9.07. The molecule has 0 aliphatic rings. The van der Waals surface area contributed by atoms with Crippen LogP contribution in [0, 0.1) is 0 Å². The highest BCUT2D eigenvalue weighted by molar-refractivity contribution is 7.92. The first-order chi connectivity index (χ1) is 4.93. The first kappa shape index (κ1) is 10.4. The van der Waals surface area contributed by atoms with Gasteiger partial charge in [0, 0.05) is 6.26 Å². The van der Waals surface area contributed by atoms with Crippen LogP contribution in [0.3, 0.4) is 0 Å². The normalized spacial score (nSPS) is 16.5. The average molecular weight is 181 g/mol. The lowest BCUT2D eigenvalue weighted by atomic mass is 10.3. The highest BCUT2D eigenvalue weighted by Crippen LogP contribution is 2.00. The number of hydrogen-bond acceptors (Lipinski definition) is 5. The van der Waals surface area contributed by atoms with E-state index in [2.05, 4.69) is 5.16 Å². The van der Waals surface area contributed by atoms with Gasteiger partial charge in [-0.15, -0.1) is 0 Å². The largest absolute Gasteiger partial charge is 0.411 e. The smallest absolute Gasteiger partial charge is 0.158 e. The minimum atomic E-state index is -3.37. The molecule has 1 unspecified atom stereocenters. The quantitative estimate of drug-likeness (QED) is 0.340. The average Bonchev–Trinajstić information content (AvgIpc) is 1.86. The minimum Gasteiger partial charge on any atom is -0.411 e. The van der Waals surface area contributed by atoms with Gasteiger partial charge in [-0.3, -0.25) is 0 Å². The fourth-order valence-electron chi connectivity index (χ4n) is 0.642. The second-order valence-corrected chi connectivity index (χ2v) is 4.47. The van der Waals surface area contributed by atoms with Crippen LogP contribution in [0.1, 0.15) is 6.92 Å². The van der Waals surface area contributed by atoms with Gasteiger partial charge in [-0.25, -0.2) is 8.42 Å². The number of nitrogens with zero attached hydrogens (tertiary/aromatic N) is 1. The first-order valence-corrected chi connectivity index (χ1v) is 4.87. The standard InChI is InChI=1S/C5H11NO4S/c1-4(6-8)5(3-7)11(2,9)10/h5,7-8H,3H2,1-2H3/b6-4+. The van der Waals surface area contributed by atoms with E-state index in [-0.39, 0.29) is 5.71 Å². The molecule has 0 rings (SSSR count). The Morgan fingerprint density at radius 3 is 2.18 bits per heavy atom. The van der Waals surface area contributed by atoms with E-state index in [9.17, 15) is 8.42 Å². The summed E-state index contributed by atoms with van der Waals surface area (Å²) >= 11 is 0. The maximum atomic E-state index is 10.8. The van der Waals surface area contributed by atoms with E-state index in [0.29, 0.717) is 0 Å². The molecule has 0 aromatic carbocycles. The Morgan fingerprint density at radius 2 is 2.09 bits per heavy atom. The van der Waals surface area contributed by atoms with E-state index in [1.54, 1.807) is 0 Å². The molecule has 0 aromatic rings. The van der Waals surface area contributed by atoms with Gasteiger partial charge in [0.2, 0.25) is 0 Å². The van der Waals surface area contributed by atoms with Crippen molar-refractivity contribution in [2.24, 2.45) is 5.16 Å². The van der Waals surface area contributed by atoms with Crippen molar-refractivity contribution in [3.8, 4) is 0 Å². The van der Waals surface area contributed by atoms with Crippen LogP contribution in [0.4, 0.5) is 0 Å². The third-order valence-corrected chi connectivity index (χ3v) is 2.83. The Labute approximate surface area is 65.3 Å². The highest BCUT2D eigenvalue weighted by atomic mass is 32.2. The van der Waals surface area contributed by atoms with Crippen molar-refractivity contribution in [1.82, 2.24) is 0 Å². The fourth-order valence-corrected chi connectivity index (χ4v) is 1.58. The number of oxime groups is 1. The predicted octanol–water partition coefficient (Wildman–Crippen LogP) is -0.758. The van der Waals surface area contributed by atoms with Gasteiger partial charge in [0.05, 0.1) is 12.3 Å². The van der Waals surface area contributed by atoms with Gasteiger partial charge in [-0.05, 0) is 6.92 Å². The summed E-state index contributed by atoms with van der Waals surface area (Å²) in [5.74, 6) is 0. The lowest BCUT2D eigenvalue weighted by Crippen LogP contribution is -2.31. The number of sulfone groups is 1. The van der Waals surface area contributed by atoms with Crippen molar-refractivity contribution in [2.45, 2.75) is 12.2 Å². The van der Waals surface area contributed by atoms with Crippen molar-refractivity contribution >= 4 is 15.5 Å². The van der Waals surface area contributed by atoms with Crippen molar-refractivity contribution in [3.05, 3.63) is 0 Å². The van der Waals surface area contributed by atoms with Crippen LogP contribution >= 0.6 is 0 Å². The van der Waals surface area contributed by atoms with Gasteiger partial charge in [0.1, 0.15) is 5.25 Å². The van der Waals surface area contributed by atoms with Crippen LogP contribution < -0.4 is 0 Å². The summed E-state index contributed by atoms with van der Waals surface area (Å²) in [4.78, 5) is 0. The van der Waals surface area contributed by atoms with Gasteiger partial charge in [-0.1, -0.05) is 5.16 Å². The SMILES string of the molecule is C/C(=N\O)C(CO)S(C)(=O)=O. The van der Waals surface area contributed by atoms with Crippen molar-refractivity contribution in [3.63, 3.8) is 0 Å². The molecule has 0 heterocycles. The molecule has 0 radical (unpaired) electrons. The molecule has 1 atom stereocenters. The highest BCUT2D eigenvalue weighted by Gasteiger charge is 2.22. The summed E-state index contributed by atoms with van der Waals surface area (Å²) in [7, 11) is -3.37. The molecule has 66 valence electrons. The topological polar surface area (TPSA) is 87.0 Å². The molecule has 2 N–H and O–H groups in total. The molecule has 0 aromatic heterocycles. The first-order valence-electron chi connectivity index (χ1n) is 2.91.